The summed E-state index contributed by atoms with van der Waals surface area (Å²) in [6.07, 6.45) is 2.11. The fourth-order valence-electron chi connectivity index (χ4n) is 3.02. The molecule has 1 heterocycles. The molecular formula is C19H17BrF2N2O2. The molecule has 0 spiro atoms. The van der Waals surface area contributed by atoms with Crippen LogP contribution >= 0.6 is 15.9 Å². The first-order chi connectivity index (χ1) is 12.5. The third-order valence-corrected chi connectivity index (χ3v) is 5.18. The molecule has 7 heteroatoms. The lowest BCUT2D eigenvalue weighted by atomic mass is 9.95. The molecule has 4 nitrogen and oxygen atoms in total. The van der Waals surface area contributed by atoms with Crippen molar-refractivity contribution in [2.75, 3.05) is 23.3 Å². The number of halogens is 3. The Balaban J connectivity index is 1.59. The Kier molecular flexibility index (Phi) is 5.66. The van der Waals surface area contributed by atoms with Crippen molar-refractivity contribution in [2.45, 2.75) is 12.8 Å². The maximum atomic E-state index is 13.4. The molecule has 1 saturated heterocycles. The minimum absolute atomic E-state index is 0.194. The summed E-state index contributed by atoms with van der Waals surface area (Å²) in [5, 5.41) is 2.67. The fraction of sp³-hybridized carbons (Fsp3) is 0.263. The standard InChI is InChI=1S/C19H17BrF2N2O2/c20-15-9-16(21)17(22)10-18(15)23-19(26)13-5-7-24(8-6-13)14-3-1-12(11-25)2-4-14/h1-4,9-11,13H,5-8H2,(H,23,26). The van der Waals surface area contributed by atoms with Crippen LogP contribution in [0.5, 0.6) is 0 Å². The summed E-state index contributed by atoms with van der Waals surface area (Å²) in [7, 11) is 0. The Morgan fingerprint density at radius 2 is 1.73 bits per heavy atom. The van der Waals surface area contributed by atoms with Crippen LogP contribution in [0.25, 0.3) is 0 Å². The van der Waals surface area contributed by atoms with Crippen molar-refractivity contribution in [3.8, 4) is 0 Å². The molecule has 0 aliphatic carbocycles. The number of rotatable bonds is 4. The molecule has 1 aliphatic heterocycles. The second kappa shape index (κ2) is 7.95. The molecular weight excluding hydrogens is 406 g/mol. The third-order valence-electron chi connectivity index (χ3n) is 4.53. The zero-order chi connectivity index (χ0) is 18.7. The van der Waals surface area contributed by atoms with Crippen molar-refractivity contribution in [3.05, 3.63) is 58.1 Å². The quantitative estimate of drug-likeness (QED) is 0.586. The summed E-state index contributed by atoms with van der Waals surface area (Å²) in [5.74, 6) is -2.37. The minimum Gasteiger partial charge on any atom is -0.371 e. The molecule has 0 atom stereocenters. The Labute approximate surface area is 158 Å². The number of nitrogens with one attached hydrogen (secondary N) is 1. The zero-order valence-electron chi connectivity index (χ0n) is 13.8. The predicted molar refractivity (Wildman–Crippen MR) is 99.5 cm³/mol. The van der Waals surface area contributed by atoms with Crippen molar-refractivity contribution >= 4 is 39.5 Å². The number of hydrogen-bond acceptors (Lipinski definition) is 3. The van der Waals surface area contributed by atoms with Gasteiger partial charge in [-0.2, -0.15) is 0 Å². The number of amides is 1. The van der Waals surface area contributed by atoms with E-state index in [0.717, 1.165) is 24.1 Å². The van der Waals surface area contributed by atoms with Gasteiger partial charge in [-0.3, -0.25) is 9.59 Å². The molecule has 0 unspecified atom stereocenters. The van der Waals surface area contributed by atoms with Crippen LogP contribution in [0, 0.1) is 17.6 Å². The number of hydrogen-bond donors (Lipinski definition) is 1. The first-order valence-corrected chi connectivity index (χ1v) is 9.03. The molecule has 136 valence electrons. The summed E-state index contributed by atoms with van der Waals surface area (Å²) in [6.45, 7) is 1.41. The number of carbonyl (C=O) groups is 2. The number of anilines is 2. The van der Waals surface area contributed by atoms with Crippen molar-refractivity contribution < 1.29 is 18.4 Å². The lowest BCUT2D eigenvalue weighted by Gasteiger charge is -2.33. The van der Waals surface area contributed by atoms with Gasteiger partial charge in [0.1, 0.15) is 6.29 Å². The van der Waals surface area contributed by atoms with Crippen LogP contribution in [-0.2, 0) is 4.79 Å². The van der Waals surface area contributed by atoms with Crippen LogP contribution in [0.4, 0.5) is 20.2 Å². The number of carbonyl (C=O) groups excluding carboxylic acids is 2. The lowest BCUT2D eigenvalue weighted by Crippen LogP contribution is -2.38. The van der Waals surface area contributed by atoms with E-state index in [1.807, 2.05) is 12.1 Å². The van der Waals surface area contributed by atoms with Gasteiger partial charge >= 0.3 is 0 Å². The van der Waals surface area contributed by atoms with E-state index in [-0.39, 0.29) is 17.5 Å². The van der Waals surface area contributed by atoms with Gasteiger partial charge in [0.15, 0.2) is 11.6 Å². The normalized spacial score (nSPS) is 15.0. The highest BCUT2D eigenvalue weighted by Crippen LogP contribution is 2.28. The van der Waals surface area contributed by atoms with Crippen molar-refractivity contribution in [3.63, 3.8) is 0 Å². The van der Waals surface area contributed by atoms with Crippen LogP contribution in [0.1, 0.15) is 23.2 Å². The van der Waals surface area contributed by atoms with Crippen LogP contribution < -0.4 is 10.2 Å². The predicted octanol–water partition coefficient (Wildman–Crippen LogP) is 4.39. The Morgan fingerprint density at radius 1 is 1.12 bits per heavy atom. The summed E-state index contributed by atoms with van der Waals surface area (Å²) in [6, 6.07) is 9.28. The molecule has 1 amide bonds. The first-order valence-electron chi connectivity index (χ1n) is 8.23. The summed E-state index contributed by atoms with van der Waals surface area (Å²) in [4.78, 5) is 25.3. The number of aldehydes is 1. The van der Waals surface area contributed by atoms with E-state index < -0.39 is 11.6 Å². The molecule has 0 aromatic heterocycles. The monoisotopic (exact) mass is 422 g/mol. The van der Waals surface area contributed by atoms with Gasteiger partial charge in [0.2, 0.25) is 5.91 Å². The van der Waals surface area contributed by atoms with E-state index in [4.69, 9.17) is 0 Å². The largest absolute Gasteiger partial charge is 0.371 e. The van der Waals surface area contributed by atoms with Gasteiger partial charge in [0.05, 0.1) is 5.69 Å². The van der Waals surface area contributed by atoms with Gasteiger partial charge in [-0.05, 0) is 59.1 Å². The van der Waals surface area contributed by atoms with Gasteiger partial charge in [0.25, 0.3) is 0 Å². The molecule has 2 aromatic rings. The molecule has 0 bridgehead atoms. The smallest absolute Gasteiger partial charge is 0.227 e. The van der Waals surface area contributed by atoms with Crippen LogP contribution in [0.15, 0.2) is 40.9 Å². The molecule has 2 aromatic carbocycles. The lowest BCUT2D eigenvalue weighted by molar-refractivity contribution is -0.120. The molecule has 0 saturated carbocycles. The van der Waals surface area contributed by atoms with E-state index in [0.29, 0.717) is 36.0 Å². The molecule has 1 N–H and O–H groups in total. The average molecular weight is 423 g/mol. The Morgan fingerprint density at radius 3 is 2.35 bits per heavy atom. The maximum absolute atomic E-state index is 13.4. The third kappa shape index (κ3) is 4.09. The number of nitrogens with zero attached hydrogens (tertiary/aromatic N) is 1. The van der Waals surface area contributed by atoms with Gasteiger partial charge in [-0.25, -0.2) is 8.78 Å². The highest BCUT2D eigenvalue weighted by atomic mass is 79.9. The second-order valence-electron chi connectivity index (χ2n) is 6.21. The molecule has 26 heavy (non-hydrogen) atoms. The SMILES string of the molecule is O=Cc1ccc(N2CCC(C(=O)Nc3cc(F)c(F)cc3Br)CC2)cc1. The highest BCUT2D eigenvalue weighted by molar-refractivity contribution is 9.10. The van der Waals surface area contributed by atoms with E-state index in [9.17, 15) is 18.4 Å². The number of piperidine rings is 1. The van der Waals surface area contributed by atoms with E-state index in [1.165, 1.54) is 0 Å². The van der Waals surface area contributed by atoms with E-state index in [2.05, 4.69) is 26.1 Å². The fourth-order valence-corrected chi connectivity index (χ4v) is 3.43. The van der Waals surface area contributed by atoms with Crippen molar-refractivity contribution in [2.24, 2.45) is 5.92 Å². The second-order valence-corrected chi connectivity index (χ2v) is 7.06. The molecule has 1 aliphatic rings. The zero-order valence-corrected chi connectivity index (χ0v) is 15.4. The highest BCUT2D eigenvalue weighted by Gasteiger charge is 2.26. The van der Waals surface area contributed by atoms with Gasteiger partial charge < -0.3 is 10.2 Å². The van der Waals surface area contributed by atoms with Gasteiger partial charge in [-0.15, -0.1) is 0 Å². The van der Waals surface area contributed by atoms with Gasteiger partial charge in [0, 0.05) is 40.8 Å². The Hall–Kier alpha value is -2.28. The molecule has 3 rings (SSSR count). The summed E-state index contributed by atoms with van der Waals surface area (Å²) < 4.78 is 26.8. The van der Waals surface area contributed by atoms with E-state index in [1.54, 1.807) is 12.1 Å². The average Bonchev–Trinajstić information content (AvgIpc) is 2.66. The topological polar surface area (TPSA) is 49.4 Å². The molecule has 0 radical (unpaired) electrons. The summed E-state index contributed by atoms with van der Waals surface area (Å²) in [5.41, 5.74) is 1.86. The van der Waals surface area contributed by atoms with Crippen LogP contribution in [0.2, 0.25) is 0 Å². The van der Waals surface area contributed by atoms with Crippen LogP contribution in [0.3, 0.4) is 0 Å². The van der Waals surface area contributed by atoms with Crippen LogP contribution in [-0.4, -0.2) is 25.3 Å². The minimum atomic E-state index is -1.00. The molecule has 1 fully saturated rings. The van der Waals surface area contributed by atoms with Crippen molar-refractivity contribution in [1.82, 2.24) is 0 Å². The summed E-state index contributed by atoms with van der Waals surface area (Å²) >= 11 is 3.13. The number of benzene rings is 2. The first kappa shape index (κ1) is 18.5. The van der Waals surface area contributed by atoms with Crippen molar-refractivity contribution in [1.29, 1.82) is 0 Å². The van der Waals surface area contributed by atoms with E-state index >= 15 is 0 Å². The maximum Gasteiger partial charge on any atom is 0.227 e. The van der Waals surface area contributed by atoms with Gasteiger partial charge in [-0.1, -0.05) is 0 Å². The Bertz CT molecular complexity index is 819.